The molecule has 0 aliphatic carbocycles. The number of aliphatic hydroxyl groups excluding tert-OH is 1. The van der Waals surface area contributed by atoms with Crippen molar-refractivity contribution >= 4 is 6.29 Å². The van der Waals surface area contributed by atoms with Gasteiger partial charge in [-0.15, -0.1) is 0 Å². The highest BCUT2D eigenvalue weighted by Gasteiger charge is 2.37. The fourth-order valence-corrected chi connectivity index (χ4v) is 1.04. The van der Waals surface area contributed by atoms with Crippen LogP contribution in [0.25, 0.3) is 0 Å². The molecule has 0 radical (unpaired) electrons. The zero-order valence-corrected chi connectivity index (χ0v) is 5.58. The molecule has 0 aromatic carbocycles. The topological polar surface area (TPSA) is 69.6 Å². The second kappa shape index (κ2) is 2.65. The predicted molar refractivity (Wildman–Crippen MR) is 34.3 cm³/mol. The van der Waals surface area contributed by atoms with E-state index in [0.717, 1.165) is 6.42 Å². The molecule has 1 heterocycles. The van der Waals surface area contributed by atoms with Crippen molar-refractivity contribution in [3.63, 3.8) is 0 Å². The third-order valence-electron chi connectivity index (χ3n) is 1.75. The number of nitrogens with one attached hydrogen (secondary N) is 1. The van der Waals surface area contributed by atoms with Gasteiger partial charge in [0.05, 0.1) is 0 Å². The first kappa shape index (κ1) is 7.65. The Morgan fingerprint density at radius 1 is 1.70 bits per heavy atom. The number of aliphatic hydroxyl groups is 2. The molecule has 0 saturated carbocycles. The maximum Gasteiger partial charge on any atom is 0.199 e. The molecule has 3 N–H and O–H groups in total. The third-order valence-corrected chi connectivity index (χ3v) is 1.75. The van der Waals surface area contributed by atoms with Crippen LogP contribution in [0.15, 0.2) is 0 Å². The van der Waals surface area contributed by atoms with Gasteiger partial charge in [0.2, 0.25) is 0 Å². The Bertz CT molecular complexity index is 139. The van der Waals surface area contributed by atoms with Crippen LogP contribution < -0.4 is 5.32 Å². The highest BCUT2D eigenvalue weighted by molar-refractivity contribution is 5.62. The Hall–Kier alpha value is -0.450. The van der Waals surface area contributed by atoms with E-state index in [1.54, 1.807) is 0 Å². The lowest BCUT2D eigenvalue weighted by Crippen LogP contribution is -2.59. The van der Waals surface area contributed by atoms with Crippen LogP contribution in [0.3, 0.4) is 0 Å². The Morgan fingerprint density at radius 3 is 2.80 bits per heavy atom. The van der Waals surface area contributed by atoms with E-state index >= 15 is 0 Å². The van der Waals surface area contributed by atoms with Crippen LogP contribution >= 0.6 is 0 Å². The lowest BCUT2D eigenvalue weighted by atomic mass is 9.99. The van der Waals surface area contributed by atoms with Gasteiger partial charge in [0, 0.05) is 0 Å². The molecule has 2 unspecified atom stereocenters. The second-order valence-corrected chi connectivity index (χ2v) is 2.53. The Morgan fingerprint density at radius 2 is 2.40 bits per heavy atom. The maximum atomic E-state index is 10.2. The van der Waals surface area contributed by atoms with Crippen molar-refractivity contribution in [2.24, 2.45) is 0 Å². The molecular formula is C6H11NO3. The van der Waals surface area contributed by atoms with Crippen molar-refractivity contribution in [1.29, 1.82) is 0 Å². The lowest BCUT2D eigenvalue weighted by Gasteiger charge is -2.32. The molecule has 2 atom stereocenters. The minimum atomic E-state index is -1.70. The normalized spacial score (nSPS) is 41.2. The van der Waals surface area contributed by atoms with Gasteiger partial charge in [-0.3, -0.25) is 10.1 Å². The minimum Gasteiger partial charge on any atom is -0.388 e. The van der Waals surface area contributed by atoms with E-state index in [0.29, 0.717) is 19.3 Å². The summed E-state index contributed by atoms with van der Waals surface area (Å²) >= 11 is 0. The summed E-state index contributed by atoms with van der Waals surface area (Å²) in [6.07, 6.45) is 0.648. The number of hydrogen-bond donors (Lipinski definition) is 3. The zero-order valence-electron chi connectivity index (χ0n) is 5.58. The molecule has 1 rings (SSSR count). The lowest BCUT2D eigenvalue weighted by molar-refractivity contribution is -0.148. The first-order valence-electron chi connectivity index (χ1n) is 3.31. The summed E-state index contributed by atoms with van der Waals surface area (Å²) in [5, 5.41) is 20.8. The summed E-state index contributed by atoms with van der Waals surface area (Å²) in [5.74, 6) is 0. The van der Waals surface area contributed by atoms with Gasteiger partial charge in [-0.1, -0.05) is 0 Å². The number of carbonyl (C=O) groups is 1. The Labute approximate surface area is 58.9 Å². The third kappa shape index (κ3) is 1.18. The van der Waals surface area contributed by atoms with Crippen LogP contribution in [0, 0.1) is 0 Å². The van der Waals surface area contributed by atoms with E-state index in [-0.39, 0.29) is 0 Å². The first-order valence-corrected chi connectivity index (χ1v) is 3.31. The van der Waals surface area contributed by atoms with Gasteiger partial charge in [-0.25, -0.2) is 0 Å². The molecule has 4 nitrogen and oxygen atoms in total. The van der Waals surface area contributed by atoms with Gasteiger partial charge in [-0.05, 0) is 19.4 Å². The molecule has 0 spiro atoms. The van der Waals surface area contributed by atoms with Crippen molar-refractivity contribution < 1.29 is 15.0 Å². The van der Waals surface area contributed by atoms with Crippen LogP contribution in [0.1, 0.15) is 12.8 Å². The van der Waals surface area contributed by atoms with Gasteiger partial charge < -0.3 is 10.2 Å². The van der Waals surface area contributed by atoms with Gasteiger partial charge in [0.1, 0.15) is 6.10 Å². The van der Waals surface area contributed by atoms with Crippen LogP contribution in [-0.2, 0) is 4.79 Å². The molecule has 4 heteroatoms. The summed E-state index contributed by atoms with van der Waals surface area (Å²) in [4.78, 5) is 10.2. The highest BCUT2D eigenvalue weighted by Crippen LogP contribution is 2.14. The fourth-order valence-electron chi connectivity index (χ4n) is 1.04. The van der Waals surface area contributed by atoms with Crippen molar-refractivity contribution in [3.8, 4) is 0 Å². The highest BCUT2D eigenvalue weighted by atomic mass is 16.4. The smallest absolute Gasteiger partial charge is 0.199 e. The van der Waals surface area contributed by atoms with Gasteiger partial charge in [-0.2, -0.15) is 0 Å². The molecule has 1 aliphatic heterocycles. The van der Waals surface area contributed by atoms with Crippen molar-refractivity contribution in [2.45, 2.75) is 24.7 Å². The SMILES string of the molecule is O=CC1(O)NCCCC1O. The maximum absolute atomic E-state index is 10.2. The van der Waals surface area contributed by atoms with Gasteiger partial charge >= 0.3 is 0 Å². The summed E-state index contributed by atoms with van der Waals surface area (Å²) in [7, 11) is 0. The van der Waals surface area contributed by atoms with Crippen LogP contribution in [0.5, 0.6) is 0 Å². The standard InChI is InChI=1S/C6H11NO3/c8-4-6(10)5(9)2-1-3-7-6/h4-5,7,9-10H,1-3H2. The number of piperidine rings is 1. The summed E-state index contributed by atoms with van der Waals surface area (Å²) in [6.45, 7) is 0.576. The van der Waals surface area contributed by atoms with E-state index in [1.165, 1.54) is 0 Å². The van der Waals surface area contributed by atoms with Crippen LogP contribution in [-0.4, -0.2) is 34.9 Å². The predicted octanol–water partition coefficient (Wildman–Crippen LogP) is -1.38. The Kier molecular flexibility index (Phi) is 2.03. The van der Waals surface area contributed by atoms with E-state index in [1.807, 2.05) is 0 Å². The minimum absolute atomic E-state index is 0.344. The van der Waals surface area contributed by atoms with Crippen molar-refractivity contribution in [3.05, 3.63) is 0 Å². The van der Waals surface area contributed by atoms with Gasteiger partial charge in [0.15, 0.2) is 12.0 Å². The van der Waals surface area contributed by atoms with Crippen molar-refractivity contribution in [2.75, 3.05) is 6.54 Å². The zero-order chi connectivity index (χ0) is 7.61. The van der Waals surface area contributed by atoms with Crippen LogP contribution in [0.2, 0.25) is 0 Å². The number of aldehydes is 1. The monoisotopic (exact) mass is 145 g/mol. The average Bonchev–Trinajstić information content (AvgIpc) is 1.96. The number of hydrogen-bond acceptors (Lipinski definition) is 4. The molecular weight excluding hydrogens is 134 g/mol. The molecule has 1 fully saturated rings. The molecule has 58 valence electrons. The summed E-state index contributed by atoms with van der Waals surface area (Å²) < 4.78 is 0. The average molecular weight is 145 g/mol. The molecule has 1 saturated heterocycles. The van der Waals surface area contributed by atoms with Crippen molar-refractivity contribution in [1.82, 2.24) is 5.32 Å². The molecule has 10 heavy (non-hydrogen) atoms. The molecule has 0 aromatic heterocycles. The molecule has 0 amide bonds. The molecule has 1 aliphatic rings. The van der Waals surface area contributed by atoms with E-state index < -0.39 is 11.8 Å². The summed E-state index contributed by atoms with van der Waals surface area (Å²) in [6, 6.07) is 0. The number of carbonyl (C=O) groups excluding carboxylic acids is 1. The van der Waals surface area contributed by atoms with E-state index in [2.05, 4.69) is 5.32 Å². The quantitative estimate of drug-likeness (QED) is 0.398. The molecule has 0 bridgehead atoms. The Balaban J connectivity index is 2.62. The fraction of sp³-hybridized carbons (Fsp3) is 0.833. The first-order chi connectivity index (χ1) is 4.69. The van der Waals surface area contributed by atoms with Gasteiger partial charge in [0.25, 0.3) is 0 Å². The second-order valence-electron chi connectivity index (χ2n) is 2.53. The largest absolute Gasteiger partial charge is 0.388 e. The molecule has 0 aromatic rings. The van der Waals surface area contributed by atoms with Crippen LogP contribution in [0.4, 0.5) is 0 Å². The van der Waals surface area contributed by atoms with E-state index in [9.17, 15) is 9.90 Å². The number of rotatable bonds is 1. The summed E-state index contributed by atoms with van der Waals surface area (Å²) in [5.41, 5.74) is -1.70. The van der Waals surface area contributed by atoms with E-state index in [4.69, 9.17) is 5.11 Å².